The van der Waals surface area contributed by atoms with Gasteiger partial charge in [-0.1, -0.05) is 24.3 Å². The summed E-state index contributed by atoms with van der Waals surface area (Å²) in [4.78, 5) is 1.48. The molecule has 0 nitrogen and oxygen atoms in total. The van der Waals surface area contributed by atoms with Crippen LogP contribution in [0.5, 0.6) is 0 Å². The minimum absolute atomic E-state index is 1.13. The molecule has 0 saturated carbocycles. The Morgan fingerprint density at radius 2 is 1.92 bits per heavy atom. The Hall–Kier alpha value is -1.08. The van der Waals surface area contributed by atoms with Crippen molar-refractivity contribution in [3.63, 3.8) is 0 Å². The lowest BCUT2D eigenvalue weighted by Crippen LogP contribution is -1.77. The van der Waals surface area contributed by atoms with E-state index in [0.29, 0.717) is 0 Å². The molecule has 1 heteroatoms. The zero-order valence-corrected chi connectivity index (χ0v) is 7.40. The van der Waals surface area contributed by atoms with E-state index >= 15 is 0 Å². The van der Waals surface area contributed by atoms with Crippen LogP contribution in [0.3, 0.4) is 0 Å². The van der Waals surface area contributed by atoms with E-state index in [4.69, 9.17) is 0 Å². The second-order valence-corrected chi connectivity index (χ2v) is 4.03. The zero-order valence-electron chi connectivity index (χ0n) is 6.58. The fourth-order valence-corrected chi connectivity index (χ4v) is 2.80. The number of benzene rings is 1. The average Bonchev–Trinajstić information content (AvgIpc) is 2.62. The van der Waals surface area contributed by atoms with Crippen molar-refractivity contribution in [2.24, 2.45) is 0 Å². The fraction of sp³-hybridized carbons (Fsp3) is 0.0909. The molecule has 0 N–H and O–H groups in total. The summed E-state index contributed by atoms with van der Waals surface area (Å²) >= 11 is 1.85. The summed E-state index contributed by atoms with van der Waals surface area (Å²) in [6, 6.07) is 10.9. The summed E-state index contributed by atoms with van der Waals surface area (Å²) < 4.78 is 0. The van der Waals surface area contributed by atoms with E-state index in [2.05, 4.69) is 35.7 Å². The third kappa shape index (κ3) is 0.718. The van der Waals surface area contributed by atoms with E-state index in [9.17, 15) is 0 Å². The molecule has 0 unspecified atom stereocenters. The lowest BCUT2D eigenvalue weighted by Gasteiger charge is -1.95. The zero-order chi connectivity index (χ0) is 7.97. The molecule has 3 rings (SSSR count). The largest absolute Gasteiger partial charge is 0.144 e. The molecular weight excluding hydrogens is 164 g/mol. The number of hydrogen-bond donors (Lipinski definition) is 0. The maximum absolute atomic E-state index is 2.24. The average molecular weight is 172 g/mol. The SMILES string of the molecule is c1ccc2c(c1)Cc1ccsc1-2. The van der Waals surface area contributed by atoms with Gasteiger partial charge in [0.05, 0.1) is 0 Å². The van der Waals surface area contributed by atoms with Crippen molar-refractivity contribution in [2.75, 3.05) is 0 Å². The van der Waals surface area contributed by atoms with Crippen molar-refractivity contribution < 1.29 is 0 Å². The molecule has 0 atom stereocenters. The quantitative estimate of drug-likeness (QED) is 0.488. The van der Waals surface area contributed by atoms with Gasteiger partial charge in [-0.05, 0) is 34.6 Å². The van der Waals surface area contributed by atoms with Crippen LogP contribution in [0.2, 0.25) is 0 Å². The van der Waals surface area contributed by atoms with Crippen molar-refractivity contribution >= 4 is 11.3 Å². The van der Waals surface area contributed by atoms with Crippen LogP contribution in [-0.4, -0.2) is 0 Å². The highest BCUT2D eigenvalue weighted by Crippen LogP contribution is 2.39. The Morgan fingerprint density at radius 1 is 1.00 bits per heavy atom. The summed E-state index contributed by atoms with van der Waals surface area (Å²) in [5.41, 5.74) is 4.43. The van der Waals surface area contributed by atoms with Crippen LogP contribution >= 0.6 is 11.3 Å². The Labute approximate surface area is 75.5 Å². The summed E-state index contributed by atoms with van der Waals surface area (Å²) in [7, 11) is 0. The molecule has 0 amide bonds. The molecule has 2 aromatic rings. The van der Waals surface area contributed by atoms with Gasteiger partial charge in [-0.15, -0.1) is 11.3 Å². The van der Waals surface area contributed by atoms with Crippen LogP contribution in [0.25, 0.3) is 10.4 Å². The highest BCUT2D eigenvalue weighted by atomic mass is 32.1. The van der Waals surface area contributed by atoms with Gasteiger partial charge in [-0.3, -0.25) is 0 Å². The third-order valence-electron chi connectivity index (χ3n) is 2.39. The van der Waals surface area contributed by atoms with E-state index < -0.39 is 0 Å². The van der Waals surface area contributed by atoms with Gasteiger partial charge in [0.1, 0.15) is 0 Å². The monoisotopic (exact) mass is 172 g/mol. The van der Waals surface area contributed by atoms with E-state index in [1.165, 1.54) is 21.6 Å². The molecule has 12 heavy (non-hydrogen) atoms. The van der Waals surface area contributed by atoms with Crippen LogP contribution in [0.1, 0.15) is 11.1 Å². The molecule has 1 aromatic heterocycles. The van der Waals surface area contributed by atoms with Crippen molar-refractivity contribution in [2.45, 2.75) is 6.42 Å². The van der Waals surface area contributed by atoms with Crippen LogP contribution < -0.4 is 0 Å². The van der Waals surface area contributed by atoms with Crippen LogP contribution in [0.15, 0.2) is 35.7 Å². The number of thiophene rings is 1. The van der Waals surface area contributed by atoms with Gasteiger partial charge < -0.3 is 0 Å². The topological polar surface area (TPSA) is 0 Å². The van der Waals surface area contributed by atoms with E-state index in [1.54, 1.807) is 0 Å². The van der Waals surface area contributed by atoms with Gasteiger partial charge >= 0.3 is 0 Å². The first-order chi connectivity index (χ1) is 5.95. The van der Waals surface area contributed by atoms with Gasteiger partial charge in [-0.25, -0.2) is 0 Å². The highest BCUT2D eigenvalue weighted by molar-refractivity contribution is 7.13. The summed E-state index contributed by atoms with van der Waals surface area (Å²) in [6.45, 7) is 0. The van der Waals surface area contributed by atoms with E-state index in [1.807, 2.05) is 11.3 Å². The predicted octanol–water partition coefficient (Wildman–Crippen LogP) is 3.32. The first-order valence-corrected chi connectivity index (χ1v) is 4.98. The molecule has 0 saturated heterocycles. The minimum Gasteiger partial charge on any atom is -0.144 e. The molecule has 1 aliphatic carbocycles. The van der Waals surface area contributed by atoms with E-state index in [-0.39, 0.29) is 0 Å². The van der Waals surface area contributed by atoms with Gasteiger partial charge in [0.2, 0.25) is 0 Å². The van der Waals surface area contributed by atoms with Crippen LogP contribution in [0, 0.1) is 0 Å². The Kier molecular flexibility index (Phi) is 1.18. The molecule has 0 radical (unpaired) electrons. The standard InChI is InChI=1S/C11H8S/c1-2-4-10-8(3-1)7-9-5-6-12-11(9)10/h1-6H,7H2. The summed E-state index contributed by atoms with van der Waals surface area (Å²) in [5.74, 6) is 0. The molecule has 0 fully saturated rings. The van der Waals surface area contributed by atoms with Crippen molar-refractivity contribution in [3.8, 4) is 10.4 Å². The van der Waals surface area contributed by atoms with Crippen LogP contribution in [-0.2, 0) is 6.42 Å². The molecule has 58 valence electrons. The van der Waals surface area contributed by atoms with E-state index in [0.717, 1.165) is 6.42 Å². The molecule has 1 heterocycles. The number of hydrogen-bond acceptors (Lipinski definition) is 1. The maximum atomic E-state index is 2.24. The summed E-state index contributed by atoms with van der Waals surface area (Å²) in [5, 5.41) is 2.18. The highest BCUT2D eigenvalue weighted by Gasteiger charge is 2.17. The van der Waals surface area contributed by atoms with Gasteiger partial charge in [0.15, 0.2) is 0 Å². The van der Waals surface area contributed by atoms with Gasteiger partial charge in [0, 0.05) is 4.88 Å². The molecular formula is C11H8S. The minimum atomic E-state index is 1.13. The normalized spacial score (nSPS) is 12.7. The molecule has 1 aromatic carbocycles. The second-order valence-electron chi connectivity index (χ2n) is 3.11. The third-order valence-corrected chi connectivity index (χ3v) is 3.38. The van der Waals surface area contributed by atoms with Crippen LogP contribution in [0.4, 0.5) is 0 Å². The van der Waals surface area contributed by atoms with Gasteiger partial charge in [-0.2, -0.15) is 0 Å². The summed E-state index contributed by atoms with van der Waals surface area (Å²) in [6.07, 6.45) is 1.13. The predicted molar refractivity (Wildman–Crippen MR) is 52.6 cm³/mol. The first kappa shape index (κ1) is 6.44. The first-order valence-electron chi connectivity index (χ1n) is 4.10. The van der Waals surface area contributed by atoms with Crippen molar-refractivity contribution in [3.05, 3.63) is 46.8 Å². The Morgan fingerprint density at radius 3 is 2.92 bits per heavy atom. The fourth-order valence-electron chi connectivity index (χ4n) is 1.81. The smallest absolute Gasteiger partial charge is 0.0380 e. The second kappa shape index (κ2) is 2.20. The van der Waals surface area contributed by atoms with Gasteiger partial charge in [0.25, 0.3) is 0 Å². The lowest BCUT2D eigenvalue weighted by atomic mass is 10.1. The van der Waals surface area contributed by atoms with Crippen molar-refractivity contribution in [1.82, 2.24) is 0 Å². The Bertz CT molecular complexity index is 426. The Balaban J connectivity index is 2.34. The number of fused-ring (bicyclic) bond motifs is 3. The van der Waals surface area contributed by atoms with Crippen molar-refractivity contribution in [1.29, 1.82) is 0 Å². The molecule has 1 aliphatic rings. The molecule has 0 bridgehead atoms. The lowest BCUT2D eigenvalue weighted by molar-refractivity contribution is 1.27. The molecule has 0 spiro atoms. The number of rotatable bonds is 0. The molecule has 0 aliphatic heterocycles. The maximum Gasteiger partial charge on any atom is 0.0380 e.